The summed E-state index contributed by atoms with van der Waals surface area (Å²) in [6.07, 6.45) is 2.09. The molecule has 0 aliphatic rings. The lowest BCUT2D eigenvalue weighted by atomic mass is 9.93. The summed E-state index contributed by atoms with van der Waals surface area (Å²) in [5.41, 5.74) is 1.54. The van der Waals surface area contributed by atoms with Crippen molar-refractivity contribution in [3.63, 3.8) is 0 Å². The van der Waals surface area contributed by atoms with Crippen LogP contribution in [-0.2, 0) is 5.41 Å². The normalized spacial score (nSPS) is 11.3. The van der Waals surface area contributed by atoms with Crippen molar-refractivity contribution in [1.82, 2.24) is 4.98 Å². The van der Waals surface area contributed by atoms with Gasteiger partial charge in [0.25, 0.3) is 5.91 Å². The number of anilines is 1. The van der Waals surface area contributed by atoms with E-state index in [1.807, 2.05) is 17.5 Å². The number of rotatable bonds is 6. The molecule has 0 aliphatic heterocycles. The van der Waals surface area contributed by atoms with Crippen LogP contribution in [-0.4, -0.2) is 17.5 Å². The fraction of sp³-hybridized carbons (Fsp3) is 0.444. The Balaban J connectivity index is 2.03. The molecule has 0 saturated carbocycles. The molecule has 1 N–H and O–H groups in total. The van der Waals surface area contributed by atoms with E-state index < -0.39 is 0 Å². The molecule has 1 amide bonds. The van der Waals surface area contributed by atoms with E-state index in [-0.39, 0.29) is 11.3 Å². The molecule has 2 aromatic rings. The first kappa shape index (κ1) is 17.5. The van der Waals surface area contributed by atoms with Crippen LogP contribution in [0.25, 0.3) is 0 Å². The van der Waals surface area contributed by atoms with Crippen LogP contribution in [0.2, 0.25) is 0 Å². The van der Waals surface area contributed by atoms with Crippen molar-refractivity contribution in [2.24, 2.45) is 0 Å². The fourth-order valence-electron chi connectivity index (χ4n) is 1.91. The summed E-state index contributed by atoms with van der Waals surface area (Å²) in [6, 6.07) is 7.25. The van der Waals surface area contributed by atoms with E-state index in [4.69, 9.17) is 4.74 Å². The summed E-state index contributed by atoms with van der Waals surface area (Å²) < 4.78 is 5.64. The van der Waals surface area contributed by atoms with Crippen LogP contribution in [0.3, 0.4) is 0 Å². The Hall–Kier alpha value is -1.88. The first-order chi connectivity index (χ1) is 10.9. The van der Waals surface area contributed by atoms with Gasteiger partial charge >= 0.3 is 0 Å². The Bertz CT molecular complexity index is 659. The molecule has 0 aliphatic carbocycles. The molecule has 0 unspecified atom stereocenters. The zero-order chi connectivity index (χ0) is 16.9. The summed E-state index contributed by atoms with van der Waals surface area (Å²) in [7, 11) is 0. The van der Waals surface area contributed by atoms with Gasteiger partial charge in [-0.1, -0.05) is 40.2 Å². The fourth-order valence-corrected chi connectivity index (χ4v) is 2.84. The number of nitrogens with one attached hydrogen (secondary N) is 1. The first-order valence-corrected chi connectivity index (χ1v) is 8.78. The molecule has 23 heavy (non-hydrogen) atoms. The molecule has 124 valence electrons. The van der Waals surface area contributed by atoms with E-state index in [9.17, 15) is 4.79 Å². The molecule has 2 rings (SSSR count). The maximum atomic E-state index is 12.4. The molecule has 0 fully saturated rings. The number of nitrogens with zero attached hydrogens (tertiary/aromatic N) is 1. The second-order valence-corrected chi connectivity index (χ2v) is 7.33. The first-order valence-electron chi connectivity index (χ1n) is 7.90. The number of aromatic nitrogens is 1. The van der Waals surface area contributed by atoms with Gasteiger partial charge in [0.1, 0.15) is 5.75 Å². The third-order valence-corrected chi connectivity index (χ3v) is 4.11. The molecule has 0 bridgehead atoms. The summed E-state index contributed by atoms with van der Waals surface area (Å²) >= 11 is 1.45. The standard InChI is InChI=1S/C18H24N2O2S/c1-5-6-10-22-14-9-7-8-13(11-14)16(21)20-17-19-15(12-23-17)18(2,3)4/h7-9,11-12H,5-6,10H2,1-4H3,(H,19,20,21). The predicted octanol–water partition coefficient (Wildman–Crippen LogP) is 4.87. The number of amides is 1. The Kier molecular flexibility index (Phi) is 5.77. The number of thiazole rings is 1. The van der Waals surface area contributed by atoms with Gasteiger partial charge in [-0.3, -0.25) is 10.1 Å². The van der Waals surface area contributed by atoms with Gasteiger partial charge in [-0.05, 0) is 24.6 Å². The molecule has 0 saturated heterocycles. The van der Waals surface area contributed by atoms with Crippen LogP contribution < -0.4 is 10.1 Å². The maximum absolute atomic E-state index is 12.4. The van der Waals surface area contributed by atoms with Gasteiger partial charge in [0.05, 0.1) is 12.3 Å². The van der Waals surface area contributed by atoms with Gasteiger partial charge in [0.15, 0.2) is 5.13 Å². The van der Waals surface area contributed by atoms with Crippen LogP contribution in [0.15, 0.2) is 29.6 Å². The summed E-state index contributed by atoms with van der Waals surface area (Å²) in [5.74, 6) is 0.557. The topological polar surface area (TPSA) is 51.2 Å². The summed E-state index contributed by atoms with van der Waals surface area (Å²) in [6.45, 7) is 9.09. The predicted molar refractivity (Wildman–Crippen MR) is 95.6 cm³/mol. The Labute approximate surface area is 141 Å². The average molecular weight is 332 g/mol. The molecule has 0 radical (unpaired) electrons. The third-order valence-electron chi connectivity index (χ3n) is 3.36. The van der Waals surface area contributed by atoms with Gasteiger partial charge in [-0.25, -0.2) is 4.98 Å². The van der Waals surface area contributed by atoms with Crippen LogP contribution in [0.4, 0.5) is 5.13 Å². The largest absolute Gasteiger partial charge is 0.494 e. The second kappa shape index (κ2) is 7.59. The molecule has 0 spiro atoms. The average Bonchev–Trinajstić information content (AvgIpc) is 2.96. The lowest BCUT2D eigenvalue weighted by Crippen LogP contribution is -2.14. The minimum atomic E-state index is -0.166. The summed E-state index contributed by atoms with van der Waals surface area (Å²) in [4.78, 5) is 16.8. The highest BCUT2D eigenvalue weighted by Crippen LogP contribution is 2.26. The Morgan fingerprint density at radius 2 is 2.13 bits per heavy atom. The van der Waals surface area contributed by atoms with E-state index >= 15 is 0 Å². The molecule has 4 nitrogen and oxygen atoms in total. The van der Waals surface area contributed by atoms with E-state index in [0.717, 1.165) is 24.3 Å². The second-order valence-electron chi connectivity index (χ2n) is 6.47. The van der Waals surface area contributed by atoms with Crippen LogP contribution >= 0.6 is 11.3 Å². The van der Waals surface area contributed by atoms with Crippen molar-refractivity contribution in [2.75, 3.05) is 11.9 Å². The van der Waals surface area contributed by atoms with E-state index in [2.05, 4.69) is 38.0 Å². The molecule has 1 aromatic heterocycles. The number of hydrogen-bond donors (Lipinski definition) is 1. The SMILES string of the molecule is CCCCOc1cccc(C(=O)Nc2nc(C(C)(C)C)cs2)c1. The summed E-state index contributed by atoms with van der Waals surface area (Å²) in [5, 5.41) is 5.47. The van der Waals surface area contributed by atoms with Crippen molar-refractivity contribution < 1.29 is 9.53 Å². The molecule has 0 atom stereocenters. The highest BCUT2D eigenvalue weighted by molar-refractivity contribution is 7.14. The Morgan fingerprint density at radius 3 is 2.78 bits per heavy atom. The minimum Gasteiger partial charge on any atom is -0.494 e. The molecular weight excluding hydrogens is 308 g/mol. The third kappa shape index (κ3) is 5.06. The molecule has 1 aromatic carbocycles. The van der Waals surface area contributed by atoms with Gasteiger partial charge in [0.2, 0.25) is 0 Å². The lowest BCUT2D eigenvalue weighted by molar-refractivity contribution is 0.102. The van der Waals surface area contributed by atoms with Gasteiger partial charge in [0, 0.05) is 16.4 Å². The Morgan fingerprint density at radius 1 is 1.35 bits per heavy atom. The van der Waals surface area contributed by atoms with E-state index in [1.165, 1.54) is 11.3 Å². The maximum Gasteiger partial charge on any atom is 0.257 e. The van der Waals surface area contributed by atoms with Crippen molar-refractivity contribution >= 4 is 22.4 Å². The number of ether oxygens (including phenoxy) is 1. The highest BCUT2D eigenvalue weighted by Gasteiger charge is 2.18. The monoisotopic (exact) mass is 332 g/mol. The van der Waals surface area contributed by atoms with Crippen LogP contribution in [0, 0.1) is 0 Å². The number of carbonyl (C=O) groups is 1. The van der Waals surface area contributed by atoms with Crippen molar-refractivity contribution in [3.05, 3.63) is 40.9 Å². The van der Waals surface area contributed by atoms with Crippen molar-refractivity contribution in [3.8, 4) is 5.75 Å². The number of benzene rings is 1. The zero-order valence-electron chi connectivity index (χ0n) is 14.2. The van der Waals surface area contributed by atoms with Crippen LogP contribution in [0.5, 0.6) is 5.75 Å². The lowest BCUT2D eigenvalue weighted by Gasteiger charge is -2.14. The van der Waals surface area contributed by atoms with Crippen molar-refractivity contribution in [1.29, 1.82) is 0 Å². The van der Waals surface area contributed by atoms with Gasteiger partial charge in [-0.15, -0.1) is 11.3 Å². The van der Waals surface area contributed by atoms with Crippen molar-refractivity contribution in [2.45, 2.75) is 46.0 Å². The number of carbonyl (C=O) groups excluding carboxylic acids is 1. The number of hydrogen-bond acceptors (Lipinski definition) is 4. The molecular formula is C18H24N2O2S. The van der Waals surface area contributed by atoms with Crippen LogP contribution in [0.1, 0.15) is 56.6 Å². The number of unbranched alkanes of at least 4 members (excludes halogenated alkanes) is 1. The smallest absolute Gasteiger partial charge is 0.257 e. The van der Waals surface area contributed by atoms with E-state index in [0.29, 0.717) is 17.3 Å². The van der Waals surface area contributed by atoms with Gasteiger partial charge < -0.3 is 4.74 Å². The van der Waals surface area contributed by atoms with Gasteiger partial charge in [-0.2, -0.15) is 0 Å². The minimum absolute atomic E-state index is 0.0213. The molecule has 1 heterocycles. The molecule has 5 heteroatoms. The quantitative estimate of drug-likeness (QED) is 0.768. The zero-order valence-corrected chi connectivity index (χ0v) is 15.0. The van der Waals surface area contributed by atoms with E-state index in [1.54, 1.807) is 12.1 Å². The highest BCUT2D eigenvalue weighted by atomic mass is 32.1.